The molecule has 5 nitrogen and oxygen atoms in total. The molecule has 1 amide bonds. The highest BCUT2D eigenvalue weighted by Gasteiger charge is 2.50. The molecule has 3 heterocycles. The standard InChI is InChI=1S/C36H41FN4O/c37-29-13-8-16-32(23-29)41-34(42)24-33(38-30-14-5-2-6-15-30)36(41)17-19-40(20-18-36)25-28-12-7-11-27-22-31(39-35(27)28)21-26-9-3-1-4-10-26/h1,3-4,7-13,16,23-24,30-31,38-39H,2,5-6,14-15,17-22,25H2. The Morgan fingerprint density at radius 2 is 1.71 bits per heavy atom. The van der Waals surface area contributed by atoms with E-state index in [0.29, 0.717) is 17.8 Å². The van der Waals surface area contributed by atoms with Crippen LogP contribution in [0.1, 0.15) is 61.6 Å². The topological polar surface area (TPSA) is 47.6 Å². The van der Waals surface area contributed by atoms with Gasteiger partial charge in [0.15, 0.2) is 0 Å². The van der Waals surface area contributed by atoms with Crippen molar-refractivity contribution in [1.82, 2.24) is 10.2 Å². The third-order valence-electron chi connectivity index (χ3n) is 9.90. The molecule has 0 bridgehead atoms. The quantitative estimate of drug-likeness (QED) is 0.340. The zero-order valence-corrected chi connectivity index (χ0v) is 24.3. The van der Waals surface area contributed by atoms with Crippen molar-refractivity contribution < 1.29 is 9.18 Å². The molecule has 1 saturated carbocycles. The Morgan fingerprint density at radius 3 is 2.50 bits per heavy atom. The average molecular weight is 565 g/mol. The third kappa shape index (κ3) is 5.33. The van der Waals surface area contributed by atoms with Crippen LogP contribution in [-0.4, -0.2) is 41.5 Å². The Bertz CT molecular complexity index is 1460. The molecule has 0 radical (unpaired) electrons. The number of nitrogens with one attached hydrogen (secondary N) is 2. The van der Waals surface area contributed by atoms with E-state index < -0.39 is 5.54 Å². The lowest BCUT2D eigenvalue weighted by Crippen LogP contribution is -2.58. The molecule has 42 heavy (non-hydrogen) atoms. The van der Waals surface area contributed by atoms with Gasteiger partial charge in [-0.1, -0.05) is 73.9 Å². The van der Waals surface area contributed by atoms with Crippen LogP contribution in [0, 0.1) is 5.82 Å². The lowest BCUT2D eigenvalue weighted by molar-refractivity contribution is -0.114. The molecule has 3 aliphatic heterocycles. The lowest BCUT2D eigenvalue weighted by atomic mass is 9.82. The highest BCUT2D eigenvalue weighted by molar-refractivity contribution is 6.07. The molecule has 0 aromatic heterocycles. The minimum Gasteiger partial charge on any atom is -0.384 e. The molecule has 1 spiro atoms. The first kappa shape index (κ1) is 27.2. The molecule has 218 valence electrons. The monoisotopic (exact) mass is 564 g/mol. The molecule has 6 heteroatoms. The molecule has 2 N–H and O–H groups in total. The zero-order valence-electron chi connectivity index (χ0n) is 24.3. The Labute approximate surface area is 248 Å². The van der Waals surface area contributed by atoms with Gasteiger partial charge in [-0.05, 0) is 73.4 Å². The van der Waals surface area contributed by atoms with Crippen molar-refractivity contribution in [1.29, 1.82) is 0 Å². The van der Waals surface area contributed by atoms with Crippen LogP contribution in [0.25, 0.3) is 0 Å². The molecule has 7 rings (SSSR count). The fraction of sp³-hybridized carbons (Fsp3) is 0.417. The number of carbonyl (C=O) groups excluding carboxylic acids is 1. The van der Waals surface area contributed by atoms with E-state index in [2.05, 4.69) is 64.1 Å². The van der Waals surface area contributed by atoms with Crippen LogP contribution in [0.4, 0.5) is 15.8 Å². The van der Waals surface area contributed by atoms with Gasteiger partial charge in [0.1, 0.15) is 5.82 Å². The van der Waals surface area contributed by atoms with Gasteiger partial charge in [0.25, 0.3) is 5.91 Å². The molecule has 1 unspecified atom stereocenters. The lowest BCUT2D eigenvalue weighted by Gasteiger charge is -2.47. The smallest absolute Gasteiger partial charge is 0.253 e. The van der Waals surface area contributed by atoms with E-state index in [4.69, 9.17) is 0 Å². The Balaban J connectivity index is 1.08. The Morgan fingerprint density at radius 1 is 0.929 bits per heavy atom. The number of hydrogen-bond donors (Lipinski definition) is 2. The maximum Gasteiger partial charge on any atom is 0.253 e. The minimum absolute atomic E-state index is 0.0399. The normalized spacial score (nSPS) is 22.2. The van der Waals surface area contributed by atoms with Gasteiger partial charge >= 0.3 is 0 Å². The summed E-state index contributed by atoms with van der Waals surface area (Å²) in [6, 6.07) is 24.8. The fourth-order valence-electron chi connectivity index (χ4n) is 7.78. The van der Waals surface area contributed by atoms with Gasteiger partial charge in [0, 0.05) is 54.9 Å². The summed E-state index contributed by atoms with van der Waals surface area (Å²) in [6.07, 6.45) is 11.5. The summed E-state index contributed by atoms with van der Waals surface area (Å²) < 4.78 is 14.4. The number of hydrogen-bond acceptors (Lipinski definition) is 4. The molecule has 2 fully saturated rings. The number of benzene rings is 3. The number of nitrogens with zero attached hydrogens (tertiary/aromatic N) is 2. The first-order valence-electron chi connectivity index (χ1n) is 15.8. The number of fused-ring (bicyclic) bond motifs is 1. The van der Waals surface area contributed by atoms with E-state index >= 15 is 0 Å². The summed E-state index contributed by atoms with van der Waals surface area (Å²) in [6.45, 7) is 2.63. The zero-order chi connectivity index (χ0) is 28.5. The van der Waals surface area contributed by atoms with E-state index in [1.165, 1.54) is 53.8 Å². The highest BCUT2D eigenvalue weighted by atomic mass is 19.1. The Hall–Kier alpha value is -3.64. The second-order valence-electron chi connectivity index (χ2n) is 12.7. The van der Waals surface area contributed by atoms with E-state index in [1.54, 1.807) is 12.1 Å². The van der Waals surface area contributed by atoms with Gasteiger partial charge in [-0.25, -0.2) is 4.39 Å². The number of amides is 1. The molecule has 1 saturated heterocycles. The number of rotatable bonds is 7. The van der Waals surface area contributed by atoms with Crippen LogP contribution < -0.4 is 15.5 Å². The van der Waals surface area contributed by atoms with Crippen LogP contribution >= 0.6 is 0 Å². The van der Waals surface area contributed by atoms with Crippen LogP contribution in [0.5, 0.6) is 0 Å². The number of anilines is 2. The van der Waals surface area contributed by atoms with Crippen LogP contribution in [0.3, 0.4) is 0 Å². The highest BCUT2D eigenvalue weighted by Crippen LogP contribution is 2.43. The number of carbonyl (C=O) groups is 1. The van der Waals surface area contributed by atoms with Crippen LogP contribution in [-0.2, 0) is 24.2 Å². The van der Waals surface area contributed by atoms with E-state index in [0.717, 1.165) is 63.9 Å². The Kier molecular flexibility index (Phi) is 7.49. The molecule has 1 atom stereocenters. The second kappa shape index (κ2) is 11.6. The maximum absolute atomic E-state index is 14.4. The van der Waals surface area contributed by atoms with Crippen molar-refractivity contribution in [3.8, 4) is 0 Å². The van der Waals surface area contributed by atoms with Gasteiger partial charge in [-0.2, -0.15) is 0 Å². The van der Waals surface area contributed by atoms with Gasteiger partial charge in [-0.3, -0.25) is 14.6 Å². The van der Waals surface area contributed by atoms with Gasteiger partial charge in [0.05, 0.1) is 5.54 Å². The molecular weight excluding hydrogens is 523 g/mol. The first-order chi connectivity index (χ1) is 20.6. The number of para-hydroxylation sites is 1. The third-order valence-corrected chi connectivity index (χ3v) is 9.90. The van der Waals surface area contributed by atoms with Crippen molar-refractivity contribution in [2.45, 2.75) is 82.0 Å². The molecule has 3 aromatic rings. The summed E-state index contributed by atoms with van der Waals surface area (Å²) in [5, 5.41) is 7.67. The average Bonchev–Trinajstić information content (AvgIpc) is 3.53. The minimum atomic E-state index is -0.462. The van der Waals surface area contributed by atoms with Crippen LogP contribution in [0.15, 0.2) is 84.6 Å². The largest absolute Gasteiger partial charge is 0.384 e. The fourth-order valence-corrected chi connectivity index (χ4v) is 7.78. The molecule has 3 aromatic carbocycles. The summed E-state index contributed by atoms with van der Waals surface area (Å²) in [5.74, 6) is -0.348. The van der Waals surface area contributed by atoms with Crippen molar-refractivity contribution in [2.75, 3.05) is 23.3 Å². The summed E-state index contributed by atoms with van der Waals surface area (Å²) >= 11 is 0. The van der Waals surface area contributed by atoms with Crippen molar-refractivity contribution in [3.63, 3.8) is 0 Å². The number of likely N-dealkylation sites (tertiary alicyclic amines) is 1. The number of halogens is 1. The first-order valence-corrected chi connectivity index (χ1v) is 15.8. The summed E-state index contributed by atoms with van der Waals surface area (Å²) in [5.41, 5.74) is 6.65. The summed E-state index contributed by atoms with van der Waals surface area (Å²) in [4.78, 5) is 17.9. The van der Waals surface area contributed by atoms with E-state index in [9.17, 15) is 9.18 Å². The SMILES string of the molecule is O=C1C=C(NC2CCCCC2)C2(CCN(Cc3cccc4c3NC(Cc3ccccc3)C4)CC2)N1c1cccc(F)c1. The summed E-state index contributed by atoms with van der Waals surface area (Å²) in [7, 11) is 0. The predicted molar refractivity (Wildman–Crippen MR) is 167 cm³/mol. The van der Waals surface area contributed by atoms with Crippen molar-refractivity contribution >= 4 is 17.3 Å². The van der Waals surface area contributed by atoms with E-state index in [-0.39, 0.29) is 11.7 Å². The van der Waals surface area contributed by atoms with Crippen molar-refractivity contribution in [2.24, 2.45) is 0 Å². The molecular formula is C36H41FN4O. The van der Waals surface area contributed by atoms with Crippen LogP contribution in [0.2, 0.25) is 0 Å². The van der Waals surface area contributed by atoms with Crippen molar-refractivity contribution in [3.05, 3.63) is 107 Å². The number of piperidine rings is 1. The molecule has 4 aliphatic rings. The van der Waals surface area contributed by atoms with E-state index in [1.807, 2.05) is 11.0 Å². The van der Waals surface area contributed by atoms with Gasteiger partial charge in [0.2, 0.25) is 0 Å². The second-order valence-corrected chi connectivity index (χ2v) is 12.7. The maximum atomic E-state index is 14.4. The van der Waals surface area contributed by atoms with Gasteiger partial charge < -0.3 is 10.6 Å². The molecule has 1 aliphatic carbocycles. The van der Waals surface area contributed by atoms with Gasteiger partial charge in [-0.15, -0.1) is 0 Å². The predicted octanol–water partition coefficient (Wildman–Crippen LogP) is 6.59.